The number of thiophene rings is 1. The molecule has 0 radical (unpaired) electrons. The highest BCUT2D eigenvalue weighted by Crippen LogP contribution is 2.16. The summed E-state index contributed by atoms with van der Waals surface area (Å²) in [4.78, 5) is 11.2. The second kappa shape index (κ2) is 5.76. The van der Waals surface area contributed by atoms with Gasteiger partial charge in [-0.15, -0.1) is 11.3 Å². The molecule has 2 N–H and O–H groups in total. The van der Waals surface area contributed by atoms with Crippen LogP contribution >= 0.6 is 11.3 Å². The number of nitrogens with zero attached hydrogens (tertiary/aromatic N) is 2. The zero-order valence-corrected chi connectivity index (χ0v) is 11.9. The summed E-state index contributed by atoms with van der Waals surface area (Å²) in [7, 11) is 0. The third-order valence-corrected chi connectivity index (χ3v) is 4.43. The predicted octanol–water partition coefficient (Wildman–Crippen LogP) is 2.27. The lowest BCUT2D eigenvalue weighted by Crippen LogP contribution is -2.14. The summed E-state index contributed by atoms with van der Waals surface area (Å²) in [5.74, 6) is -0.858. The Balaban J connectivity index is 1.54. The van der Waals surface area contributed by atoms with Crippen molar-refractivity contribution in [2.75, 3.05) is 0 Å². The van der Waals surface area contributed by atoms with Crippen molar-refractivity contribution in [1.29, 1.82) is 0 Å². The van der Waals surface area contributed by atoms with Gasteiger partial charge in [0, 0.05) is 25.3 Å². The van der Waals surface area contributed by atoms with E-state index in [1.54, 1.807) is 6.07 Å². The molecule has 2 aromatic heterocycles. The fourth-order valence-corrected chi connectivity index (χ4v) is 3.23. The van der Waals surface area contributed by atoms with Crippen molar-refractivity contribution in [3.63, 3.8) is 0 Å². The van der Waals surface area contributed by atoms with Crippen molar-refractivity contribution in [2.24, 2.45) is 0 Å². The number of hydrogen-bond acceptors (Lipinski definition) is 4. The predicted molar refractivity (Wildman–Crippen MR) is 77.0 cm³/mol. The van der Waals surface area contributed by atoms with Gasteiger partial charge in [0.05, 0.1) is 5.69 Å². The molecule has 1 aliphatic rings. The van der Waals surface area contributed by atoms with Crippen molar-refractivity contribution < 1.29 is 9.90 Å². The number of hydrogen-bond donors (Lipinski definition) is 2. The first-order chi connectivity index (χ1) is 9.72. The Labute approximate surface area is 121 Å². The lowest BCUT2D eigenvalue weighted by Gasteiger charge is -2.11. The Hall–Kier alpha value is -1.66. The van der Waals surface area contributed by atoms with Gasteiger partial charge in [-0.1, -0.05) is 0 Å². The molecule has 0 unspecified atom stereocenters. The average molecular weight is 291 g/mol. The number of fused-ring (bicyclic) bond motifs is 1. The van der Waals surface area contributed by atoms with E-state index < -0.39 is 5.97 Å². The van der Waals surface area contributed by atoms with Crippen LogP contribution in [0.4, 0.5) is 0 Å². The molecule has 0 saturated heterocycles. The van der Waals surface area contributed by atoms with Gasteiger partial charge in [0.15, 0.2) is 0 Å². The molecule has 0 aromatic carbocycles. The summed E-state index contributed by atoms with van der Waals surface area (Å²) in [6.07, 6.45) is 3.60. The van der Waals surface area contributed by atoms with Gasteiger partial charge < -0.3 is 10.4 Å². The standard InChI is InChI=1S/C14H17N3O2S/c18-14(19)13-5-10(9-20-13)7-15-8-11-6-12-3-1-2-4-17(12)16-11/h5-6,9,15H,1-4,7-8H2,(H,18,19). The minimum absolute atomic E-state index is 0.388. The van der Waals surface area contributed by atoms with Gasteiger partial charge in [0.2, 0.25) is 0 Å². The third kappa shape index (κ3) is 2.91. The summed E-state index contributed by atoms with van der Waals surface area (Å²) < 4.78 is 2.10. The minimum atomic E-state index is -0.858. The number of carboxylic acid groups (broad SMARTS) is 1. The average Bonchev–Trinajstić information content (AvgIpc) is 3.04. The van der Waals surface area contributed by atoms with Crippen LogP contribution in [0, 0.1) is 0 Å². The van der Waals surface area contributed by atoms with Gasteiger partial charge in [-0.3, -0.25) is 4.68 Å². The maximum atomic E-state index is 10.8. The van der Waals surface area contributed by atoms with Crippen molar-refractivity contribution in [3.8, 4) is 0 Å². The number of carbonyl (C=O) groups is 1. The number of rotatable bonds is 5. The van der Waals surface area contributed by atoms with Gasteiger partial charge in [0.25, 0.3) is 0 Å². The SMILES string of the molecule is O=C(O)c1cc(CNCc2cc3n(n2)CCCC3)cs1. The van der Waals surface area contributed by atoms with Crippen molar-refractivity contribution in [1.82, 2.24) is 15.1 Å². The Morgan fingerprint density at radius 1 is 1.40 bits per heavy atom. The van der Waals surface area contributed by atoms with Gasteiger partial charge in [-0.25, -0.2) is 4.79 Å². The molecule has 3 heterocycles. The lowest BCUT2D eigenvalue weighted by molar-refractivity contribution is 0.0702. The van der Waals surface area contributed by atoms with E-state index in [0.717, 1.165) is 30.8 Å². The Morgan fingerprint density at radius 2 is 2.30 bits per heavy atom. The first-order valence-electron chi connectivity index (χ1n) is 6.79. The van der Waals surface area contributed by atoms with Gasteiger partial charge >= 0.3 is 5.97 Å². The summed E-state index contributed by atoms with van der Waals surface area (Å²) in [5.41, 5.74) is 3.41. The van der Waals surface area contributed by atoms with Crippen LogP contribution in [-0.4, -0.2) is 20.9 Å². The first kappa shape index (κ1) is 13.3. The van der Waals surface area contributed by atoms with Crippen molar-refractivity contribution in [3.05, 3.63) is 39.3 Å². The highest BCUT2D eigenvalue weighted by molar-refractivity contribution is 7.12. The second-order valence-corrected chi connectivity index (χ2v) is 5.95. The molecule has 0 aliphatic carbocycles. The number of aromatic nitrogens is 2. The molecular formula is C14H17N3O2S. The molecule has 20 heavy (non-hydrogen) atoms. The molecule has 1 aliphatic heterocycles. The number of aryl methyl sites for hydroxylation is 2. The molecule has 2 aromatic rings. The fraction of sp³-hybridized carbons (Fsp3) is 0.429. The highest BCUT2D eigenvalue weighted by atomic mass is 32.1. The molecule has 6 heteroatoms. The molecule has 0 bridgehead atoms. The monoisotopic (exact) mass is 291 g/mol. The van der Waals surface area contributed by atoms with Crippen LogP contribution in [0.1, 0.15) is 39.5 Å². The van der Waals surface area contributed by atoms with Crippen LogP contribution in [-0.2, 0) is 26.1 Å². The van der Waals surface area contributed by atoms with Crippen LogP contribution in [0.25, 0.3) is 0 Å². The van der Waals surface area contributed by atoms with Crippen molar-refractivity contribution >= 4 is 17.3 Å². The zero-order chi connectivity index (χ0) is 13.9. The van der Waals surface area contributed by atoms with Crippen LogP contribution in [0.5, 0.6) is 0 Å². The van der Waals surface area contributed by atoms with Crippen molar-refractivity contribution in [2.45, 2.75) is 38.9 Å². The largest absolute Gasteiger partial charge is 0.477 e. The maximum absolute atomic E-state index is 10.8. The molecule has 5 nitrogen and oxygen atoms in total. The first-order valence-corrected chi connectivity index (χ1v) is 7.67. The second-order valence-electron chi connectivity index (χ2n) is 5.04. The summed E-state index contributed by atoms with van der Waals surface area (Å²) in [6.45, 7) is 2.42. The quantitative estimate of drug-likeness (QED) is 0.887. The molecular weight excluding hydrogens is 274 g/mol. The fourth-order valence-electron chi connectivity index (χ4n) is 2.48. The lowest BCUT2D eigenvalue weighted by atomic mass is 10.1. The molecule has 0 atom stereocenters. The van der Waals surface area contributed by atoms with Crippen LogP contribution in [0.15, 0.2) is 17.5 Å². The summed E-state index contributed by atoms with van der Waals surface area (Å²) in [5, 5.41) is 18.7. The van der Waals surface area contributed by atoms with Crippen LogP contribution < -0.4 is 5.32 Å². The topological polar surface area (TPSA) is 67.2 Å². The van der Waals surface area contributed by atoms with E-state index >= 15 is 0 Å². The van der Waals surface area contributed by atoms with E-state index in [0.29, 0.717) is 11.4 Å². The van der Waals surface area contributed by atoms with Gasteiger partial charge in [-0.2, -0.15) is 5.10 Å². The van der Waals surface area contributed by atoms with E-state index in [4.69, 9.17) is 5.11 Å². The molecule has 0 spiro atoms. The van der Waals surface area contributed by atoms with E-state index in [1.807, 2.05) is 5.38 Å². The molecule has 0 amide bonds. The molecule has 3 rings (SSSR count). The third-order valence-electron chi connectivity index (χ3n) is 3.47. The molecule has 0 fully saturated rings. The summed E-state index contributed by atoms with van der Waals surface area (Å²) >= 11 is 1.27. The molecule has 0 saturated carbocycles. The van der Waals surface area contributed by atoms with Crippen LogP contribution in [0.2, 0.25) is 0 Å². The van der Waals surface area contributed by atoms with Gasteiger partial charge in [0.1, 0.15) is 4.88 Å². The van der Waals surface area contributed by atoms with E-state index in [-0.39, 0.29) is 0 Å². The highest BCUT2D eigenvalue weighted by Gasteiger charge is 2.12. The van der Waals surface area contributed by atoms with Crippen LogP contribution in [0.3, 0.4) is 0 Å². The smallest absolute Gasteiger partial charge is 0.345 e. The number of nitrogens with one attached hydrogen (secondary N) is 1. The Morgan fingerprint density at radius 3 is 3.05 bits per heavy atom. The zero-order valence-electron chi connectivity index (χ0n) is 11.1. The number of aromatic carboxylic acids is 1. The van der Waals surface area contributed by atoms with E-state index in [1.165, 1.54) is 29.9 Å². The number of carboxylic acids is 1. The van der Waals surface area contributed by atoms with E-state index in [9.17, 15) is 4.79 Å². The normalized spacial score (nSPS) is 14.2. The van der Waals surface area contributed by atoms with E-state index in [2.05, 4.69) is 21.2 Å². The molecule has 106 valence electrons. The Kier molecular flexibility index (Phi) is 3.84. The Bertz CT molecular complexity index is 594. The maximum Gasteiger partial charge on any atom is 0.345 e. The van der Waals surface area contributed by atoms with Gasteiger partial charge in [-0.05, 0) is 42.3 Å². The summed E-state index contributed by atoms with van der Waals surface area (Å²) in [6, 6.07) is 3.89. The minimum Gasteiger partial charge on any atom is -0.477 e.